The van der Waals surface area contributed by atoms with E-state index in [9.17, 15) is 4.21 Å². The molecular formula is C19H28N6O4S. The lowest BCUT2D eigenvalue weighted by atomic mass is 10.2. The van der Waals surface area contributed by atoms with E-state index in [1.54, 1.807) is 24.5 Å². The van der Waals surface area contributed by atoms with E-state index in [1.807, 2.05) is 0 Å². The molecule has 2 aliphatic rings. The smallest absolute Gasteiger partial charge is 0.215 e. The quantitative estimate of drug-likeness (QED) is 0.704. The predicted octanol–water partition coefficient (Wildman–Crippen LogP) is 0.700. The lowest BCUT2D eigenvalue weighted by Gasteiger charge is -2.34. The number of anilines is 3. The number of nitrogens with zero attached hydrogens (tertiary/aromatic N) is 4. The number of aromatic nitrogens is 3. The van der Waals surface area contributed by atoms with Crippen molar-refractivity contribution in [3.8, 4) is 17.3 Å². The topological polar surface area (TPSA) is 139 Å². The molecule has 2 saturated heterocycles. The van der Waals surface area contributed by atoms with Crippen LogP contribution in [0.1, 0.15) is 6.92 Å². The number of hydrogen-bond donors (Lipinski definition) is 2. The Morgan fingerprint density at radius 3 is 2.40 bits per heavy atom. The predicted molar refractivity (Wildman–Crippen MR) is 117 cm³/mol. The Morgan fingerprint density at radius 2 is 1.83 bits per heavy atom. The lowest BCUT2D eigenvalue weighted by Crippen LogP contribution is -2.44. The van der Waals surface area contributed by atoms with Crippen molar-refractivity contribution in [2.75, 3.05) is 62.7 Å². The molecule has 2 aromatic rings. The molecule has 4 N–H and O–H groups in total. The minimum Gasteiger partial charge on any atom is -0.481 e. The number of methoxy groups -OCH3 is 1. The first kappa shape index (κ1) is 22.2. The molecule has 0 bridgehead atoms. The fourth-order valence-corrected chi connectivity index (χ4v) is 3.54. The SMILES string of the molecule is COc1cc(-c2nc(N)cc(N3CCOCC3C)n2)cc(N)n1.CS(=O)C1COC1. The first-order chi connectivity index (χ1) is 14.4. The number of morpholine rings is 1. The maximum atomic E-state index is 10.5. The van der Waals surface area contributed by atoms with Crippen molar-refractivity contribution < 1.29 is 18.4 Å². The second-order valence-corrected chi connectivity index (χ2v) is 8.74. The van der Waals surface area contributed by atoms with Gasteiger partial charge in [0.25, 0.3) is 0 Å². The molecule has 2 fully saturated rings. The van der Waals surface area contributed by atoms with Crippen molar-refractivity contribution in [2.24, 2.45) is 0 Å². The number of nitrogens with two attached hydrogens (primary N) is 2. The molecule has 164 valence electrons. The van der Waals surface area contributed by atoms with E-state index in [0.29, 0.717) is 60.6 Å². The lowest BCUT2D eigenvalue weighted by molar-refractivity contribution is 0.0437. The van der Waals surface area contributed by atoms with Crippen LogP contribution in [-0.4, -0.2) is 76.8 Å². The summed E-state index contributed by atoms with van der Waals surface area (Å²) in [6.07, 6.45) is 1.72. The highest BCUT2D eigenvalue weighted by atomic mass is 32.2. The number of pyridine rings is 1. The third-order valence-electron chi connectivity index (χ3n) is 4.76. The van der Waals surface area contributed by atoms with Gasteiger partial charge in [-0.1, -0.05) is 0 Å². The maximum Gasteiger partial charge on any atom is 0.215 e. The van der Waals surface area contributed by atoms with Crippen LogP contribution in [0, 0.1) is 0 Å². The molecule has 0 saturated carbocycles. The van der Waals surface area contributed by atoms with Crippen LogP contribution in [0.2, 0.25) is 0 Å². The van der Waals surface area contributed by atoms with Crippen LogP contribution in [0.5, 0.6) is 5.88 Å². The van der Waals surface area contributed by atoms with Gasteiger partial charge in [0.2, 0.25) is 5.88 Å². The zero-order valence-corrected chi connectivity index (χ0v) is 18.2. The molecule has 2 unspecified atom stereocenters. The van der Waals surface area contributed by atoms with E-state index in [4.69, 9.17) is 25.7 Å². The first-order valence-corrected chi connectivity index (χ1v) is 11.2. The highest BCUT2D eigenvalue weighted by molar-refractivity contribution is 7.85. The number of rotatable bonds is 4. The normalized spacial score (nSPS) is 20.0. The van der Waals surface area contributed by atoms with Crippen LogP contribution in [-0.2, 0) is 20.3 Å². The van der Waals surface area contributed by atoms with E-state index >= 15 is 0 Å². The van der Waals surface area contributed by atoms with Gasteiger partial charge in [-0.15, -0.1) is 0 Å². The van der Waals surface area contributed by atoms with Crippen molar-refractivity contribution in [3.05, 3.63) is 18.2 Å². The first-order valence-electron chi connectivity index (χ1n) is 9.58. The Balaban J connectivity index is 0.000000310. The van der Waals surface area contributed by atoms with Crippen LogP contribution in [0.15, 0.2) is 18.2 Å². The third kappa shape index (κ3) is 5.55. The molecule has 4 heterocycles. The van der Waals surface area contributed by atoms with Crippen LogP contribution in [0.3, 0.4) is 0 Å². The third-order valence-corrected chi connectivity index (χ3v) is 5.97. The molecule has 11 heteroatoms. The van der Waals surface area contributed by atoms with Crippen molar-refractivity contribution in [3.63, 3.8) is 0 Å². The summed E-state index contributed by atoms with van der Waals surface area (Å²) >= 11 is 0. The highest BCUT2D eigenvalue weighted by Gasteiger charge is 2.22. The van der Waals surface area contributed by atoms with Crippen LogP contribution >= 0.6 is 0 Å². The summed E-state index contributed by atoms with van der Waals surface area (Å²) < 4.78 is 25.9. The van der Waals surface area contributed by atoms with Crippen LogP contribution in [0.25, 0.3) is 11.4 Å². The molecule has 2 aromatic heterocycles. The minimum atomic E-state index is -0.649. The van der Waals surface area contributed by atoms with Crippen LogP contribution in [0.4, 0.5) is 17.5 Å². The molecule has 4 rings (SSSR count). The molecular weight excluding hydrogens is 408 g/mol. The average Bonchev–Trinajstić information content (AvgIpc) is 2.66. The second-order valence-electron chi connectivity index (χ2n) is 7.07. The van der Waals surface area contributed by atoms with Gasteiger partial charge < -0.3 is 30.6 Å². The van der Waals surface area contributed by atoms with Gasteiger partial charge in [0, 0.05) is 41.3 Å². The van der Waals surface area contributed by atoms with Crippen molar-refractivity contribution in [1.82, 2.24) is 15.0 Å². The molecule has 10 nitrogen and oxygen atoms in total. The summed E-state index contributed by atoms with van der Waals surface area (Å²) in [6.45, 7) is 5.57. The number of hydrogen-bond acceptors (Lipinski definition) is 10. The summed E-state index contributed by atoms with van der Waals surface area (Å²) in [4.78, 5) is 15.2. The fraction of sp³-hybridized carbons (Fsp3) is 0.526. The van der Waals surface area contributed by atoms with Crippen molar-refractivity contribution in [1.29, 1.82) is 0 Å². The minimum absolute atomic E-state index is 0.225. The molecule has 0 aromatic carbocycles. The zero-order valence-electron chi connectivity index (χ0n) is 17.4. The summed E-state index contributed by atoms with van der Waals surface area (Å²) in [5.74, 6) is 2.42. The average molecular weight is 437 g/mol. The molecule has 0 radical (unpaired) electrons. The Kier molecular flexibility index (Phi) is 7.40. The van der Waals surface area contributed by atoms with Gasteiger partial charge in [-0.3, -0.25) is 4.21 Å². The van der Waals surface area contributed by atoms with E-state index in [0.717, 1.165) is 12.4 Å². The van der Waals surface area contributed by atoms with Gasteiger partial charge in [0.15, 0.2) is 5.82 Å². The monoisotopic (exact) mass is 436 g/mol. The zero-order chi connectivity index (χ0) is 21.7. The molecule has 0 amide bonds. The van der Waals surface area contributed by atoms with Gasteiger partial charge in [-0.25, -0.2) is 9.97 Å². The van der Waals surface area contributed by atoms with Gasteiger partial charge in [0.05, 0.1) is 44.8 Å². The Morgan fingerprint density at radius 1 is 1.10 bits per heavy atom. The van der Waals surface area contributed by atoms with Crippen LogP contribution < -0.4 is 21.1 Å². The van der Waals surface area contributed by atoms with Gasteiger partial charge in [-0.05, 0) is 13.0 Å². The standard InChI is InChI=1S/C15H20N6O2.C4H8O2S/c1-9-8-23-4-3-21(9)13-7-12(17)19-15(20-13)10-5-11(16)18-14(6-10)22-2;1-7(5)4-2-6-3-4/h5-7,9H,3-4,8H2,1-2H3,(H2,16,18)(H2,17,19,20);4H,2-3H2,1H3. The van der Waals surface area contributed by atoms with Gasteiger partial charge in [-0.2, -0.15) is 4.98 Å². The molecule has 30 heavy (non-hydrogen) atoms. The summed E-state index contributed by atoms with van der Waals surface area (Å²) in [5.41, 5.74) is 12.5. The van der Waals surface area contributed by atoms with E-state index in [1.165, 1.54) is 7.11 Å². The molecule has 0 aliphatic carbocycles. The highest BCUT2D eigenvalue weighted by Crippen LogP contribution is 2.26. The van der Waals surface area contributed by atoms with E-state index in [2.05, 4.69) is 26.8 Å². The molecule has 0 spiro atoms. The Hall–Kier alpha value is -2.50. The Bertz CT molecular complexity index is 895. The summed E-state index contributed by atoms with van der Waals surface area (Å²) in [5, 5.41) is 0.333. The fourth-order valence-electron chi connectivity index (χ4n) is 2.96. The van der Waals surface area contributed by atoms with E-state index in [-0.39, 0.29) is 6.04 Å². The van der Waals surface area contributed by atoms with Crippen molar-refractivity contribution in [2.45, 2.75) is 18.2 Å². The van der Waals surface area contributed by atoms with E-state index < -0.39 is 10.8 Å². The molecule has 2 aliphatic heterocycles. The summed E-state index contributed by atoms with van der Waals surface area (Å²) in [6, 6.07) is 5.43. The number of nitrogen functional groups attached to an aromatic ring is 2. The maximum absolute atomic E-state index is 10.5. The molecule has 2 atom stereocenters. The Labute approximate surface area is 178 Å². The van der Waals surface area contributed by atoms with Gasteiger partial charge >= 0.3 is 0 Å². The largest absolute Gasteiger partial charge is 0.481 e. The van der Waals surface area contributed by atoms with Gasteiger partial charge in [0.1, 0.15) is 17.5 Å². The second kappa shape index (κ2) is 10.0. The number of ether oxygens (including phenoxy) is 3. The summed E-state index contributed by atoms with van der Waals surface area (Å²) in [7, 11) is 0.886. The van der Waals surface area contributed by atoms with Crippen molar-refractivity contribution >= 4 is 28.3 Å².